The maximum absolute atomic E-state index is 12.6. The van der Waals surface area contributed by atoms with Gasteiger partial charge in [-0.05, 0) is 43.5 Å². The quantitative estimate of drug-likeness (QED) is 0.865. The van der Waals surface area contributed by atoms with Crippen molar-refractivity contribution in [1.29, 1.82) is 0 Å². The summed E-state index contributed by atoms with van der Waals surface area (Å²) in [5.74, 6) is 0. The lowest BCUT2D eigenvalue weighted by Gasteiger charge is -2.24. The number of rotatable bonds is 1. The summed E-state index contributed by atoms with van der Waals surface area (Å²) in [5.41, 5.74) is 2.08. The summed E-state index contributed by atoms with van der Waals surface area (Å²) in [6.07, 6.45) is -0.558. The van der Waals surface area contributed by atoms with Gasteiger partial charge in [0.2, 0.25) is 0 Å². The van der Waals surface area contributed by atoms with Crippen molar-refractivity contribution in [3.8, 4) is 5.69 Å². The Hall–Kier alpha value is -1.98. The van der Waals surface area contributed by atoms with E-state index in [1.807, 2.05) is 12.1 Å². The highest BCUT2D eigenvalue weighted by atomic mass is 19.4. The molecule has 1 unspecified atom stereocenters. The van der Waals surface area contributed by atoms with E-state index in [1.54, 1.807) is 6.07 Å². The zero-order chi connectivity index (χ0) is 14.3. The number of aryl methyl sites for hydroxylation is 1. The van der Waals surface area contributed by atoms with Crippen molar-refractivity contribution in [2.45, 2.75) is 32.0 Å². The number of alkyl halides is 3. The number of hydrogen-bond donors (Lipinski definition) is 1. The van der Waals surface area contributed by atoms with E-state index in [1.165, 1.54) is 4.68 Å². The highest BCUT2D eigenvalue weighted by molar-refractivity contribution is 5.58. The molecule has 0 spiro atoms. The van der Waals surface area contributed by atoms with Gasteiger partial charge in [-0.15, -0.1) is 0 Å². The summed E-state index contributed by atoms with van der Waals surface area (Å²) in [6.45, 7) is 2.11. The normalized spacial score (nSPS) is 18.5. The molecule has 0 saturated heterocycles. The Morgan fingerprint density at radius 3 is 2.85 bits per heavy atom. The second kappa shape index (κ2) is 4.54. The van der Waals surface area contributed by atoms with Crippen molar-refractivity contribution in [2.75, 3.05) is 5.32 Å². The lowest BCUT2D eigenvalue weighted by Crippen LogP contribution is -2.21. The maximum atomic E-state index is 12.6. The van der Waals surface area contributed by atoms with E-state index in [4.69, 9.17) is 0 Å². The van der Waals surface area contributed by atoms with E-state index in [9.17, 15) is 13.2 Å². The molecule has 1 aliphatic heterocycles. The van der Waals surface area contributed by atoms with Crippen LogP contribution in [0.2, 0.25) is 0 Å². The molecule has 3 nitrogen and oxygen atoms in total. The Morgan fingerprint density at radius 1 is 1.35 bits per heavy atom. The fourth-order valence-corrected chi connectivity index (χ4v) is 2.39. The number of hydrogen-bond acceptors (Lipinski definition) is 2. The summed E-state index contributed by atoms with van der Waals surface area (Å²) in [4.78, 5) is 0. The first-order valence-corrected chi connectivity index (χ1v) is 6.45. The molecule has 1 aromatic heterocycles. The molecule has 1 aliphatic rings. The van der Waals surface area contributed by atoms with Gasteiger partial charge in [0, 0.05) is 17.9 Å². The monoisotopic (exact) mass is 281 g/mol. The predicted molar refractivity (Wildman–Crippen MR) is 70.0 cm³/mol. The molecule has 106 valence electrons. The number of aromatic nitrogens is 2. The first kappa shape index (κ1) is 13.0. The minimum Gasteiger partial charge on any atom is -0.382 e. The van der Waals surface area contributed by atoms with Crippen LogP contribution in [0.25, 0.3) is 5.69 Å². The smallest absolute Gasteiger partial charge is 0.382 e. The summed E-state index contributed by atoms with van der Waals surface area (Å²) in [7, 11) is 0. The SMILES string of the molecule is CC1CCc2cc(-n3cc(C(F)(F)F)cn3)ccc2N1. The molecule has 1 N–H and O–H groups in total. The molecule has 0 bridgehead atoms. The second-order valence-corrected chi connectivity index (χ2v) is 5.10. The second-order valence-electron chi connectivity index (χ2n) is 5.10. The van der Waals surface area contributed by atoms with Gasteiger partial charge < -0.3 is 5.32 Å². The van der Waals surface area contributed by atoms with E-state index in [2.05, 4.69) is 17.3 Å². The zero-order valence-corrected chi connectivity index (χ0v) is 10.9. The van der Waals surface area contributed by atoms with E-state index in [-0.39, 0.29) is 0 Å². The lowest BCUT2D eigenvalue weighted by molar-refractivity contribution is -0.137. The summed E-state index contributed by atoms with van der Waals surface area (Å²) in [6, 6.07) is 5.99. The van der Waals surface area contributed by atoms with Crippen molar-refractivity contribution in [2.24, 2.45) is 0 Å². The van der Waals surface area contributed by atoms with Crippen LogP contribution in [0.1, 0.15) is 24.5 Å². The van der Waals surface area contributed by atoms with Gasteiger partial charge in [0.15, 0.2) is 0 Å². The van der Waals surface area contributed by atoms with Crippen LogP contribution in [0, 0.1) is 0 Å². The Balaban J connectivity index is 1.93. The van der Waals surface area contributed by atoms with Gasteiger partial charge in [-0.1, -0.05) is 0 Å². The van der Waals surface area contributed by atoms with E-state index in [0.29, 0.717) is 11.7 Å². The standard InChI is InChI=1S/C14H14F3N3/c1-9-2-3-10-6-12(4-5-13(10)19-9)20-8-11(7-18-20)14(15,16)17/h4-9,19H,2-3H2,1H3. The van der Waals surface area contributed by atoms with Gasteiger partial charge in [-0.3, -0.25) is 0 Å². The molecule has 0 fully saturated rings. The molecular formula is C14H14F3N3. The number of anilines is 1. The average Bonchev–Trinajstić information content (AvgIpc) is 2.87. The molecule has 3 rings (SSSR count). The van der Waals surface area contributed by atoms with Gasteiger partial charge >= 0.3 is 6.18 Å². The Kier molecular flexibility index (Phi) is 2.96. The predicted octanol–water partition coefficient (Wildman–Crippen LogP) is 3.64. The van der Waals surface area contributed by atoms with Crippen LogP contribution in [0.5, 0.6) is 0 Å². The van der Waals surface area contributed by atoms with Gasteiger partial charge in [-0.25, -0.2) is 4.68 Å². The lowest BCUT2D eigenvalue weighted by atomic mass is 9.98. The fourth-order valence-electron chi connectivity index (χ4n) is 2.39. The first-order chi connectivity index (χ1) is 9.43. The van der Waals surface area contributed by atoms with E-state index < -0.39 is 11.7 Å². The Morgan fingerprint density at radius 2 is 2.15 bits per heavy atom. The van der Waals surface area contributed by atoms with Crippen molar-refractivity contribution in [3.05, 3.63) is 41.7 Å². The Labute approximate surface area is 114 Å². The number of halogens is 3. The molecule has 0 aliphatic carbocycles. The molecule has 0 radical (unpaired) electrons. The number of nitrogens with one attached hydrogen (secondary N) is 1. The fraction of sp³-hybridized carbons (Fsp3) is 0.357. The minimum absolute atomic E-state index is 0.426. The highest BCUT2D eigenvalue weighted by Crippen LogP contribution is 2.30. The number of fused-ring (bicyclic) bond motifs is 1. The largest absolute Gasteiger partial charge is 0.419 e. The van der Waals surface area contributed by atoms with Crippen molar-refractivity contribution in [3.63, 3.8) is 0 Å². The van der Waals surface area contributed by atoms with Crippen LogP contribution in [0.3, 0.4) is 0 Å². The van der Waals surface area contributed by atoms with Crippen molar-refractivity contribution >= 4 is 5.69 Å². The summed E-state index contributed by atoms with van der Waals surface area (Å²) < 4.78 is 39.0. The van der Waals surface area contributed by atoms with Gasteiger partial charge in [-0.2, -0.15) is 18.3 Å². The summed E-state index contributed by atoms with van der Waals surface area (Å²) >= 11 is 0. The molecule has 2 aromatic rings. The molecule has 0 amide bonds. The third-order valence-electron chi connectivity index (χ3n) is 3.51. The maximum Gasteiger partial charge on any atom is 0.419 e. The van der Waals surface area contributed by atoms with Crippen LogP contribution < -0.4 is 5.32 Å². The topological polar surface area (TPSA) is 29.9 Å². The van der Waals surface area contributed by atoms with Crippen molar-refractivity contribution < 1.29 is 13.2 Å². The average molecular weight is 281 g/mol. The Bertz CT molecular complexity index is 631. The number of nitrogens with zero attached hydrogens (tertiary/aromatic N) is 2. The zero-order valence-electron chi connectivity index (χ0n) is 10.9. The van der Waals surface area contributed by atoms with E-state index >= 15 is 0 Å². The van der Waals surface area contributed by atoms with Gasteiger partial charge in [0.05, 0.1) is 17.4 Å². The first-order valence-electron chi connectivity index (χ1n) is 6.45. The highest BCUT2D eigenvalue weighted by Gasteiger charge is 2.32. The molecule has 6 heteroatoms. The molecular weight excluding hydrogens is 267 g/mol. The van der Waals surface area contributed by atoms with E-state index in [0.717, 1.165) is 36.5 Å². The van der Waals surface area contributed by atoms with Gasteiger partial charge in [0.25, 0.3) is 0 Å². The van der Waals surface area contributed by atoms with Crippen LogP contribution in [-0.4, -0.2) is 15.8 Å². The number of benzene rings is 1. The third-order valence-corrected chi connectivity index (χ3v) is 3.51. The summed E-state index contributed by atoms with van der Waals surface area (Å²) in [5, 5.41) is 7.15. The van der Waals surface area contributed by atoms with Crippen LogP contribution in [-0.2, 0) is 12.6 Å². The van der Waals surface area contributed by atoms with Crippen LogP contribution in [0.4, 0.5) is 18.9 Å². The molecule has 2 heterocycles. The molecule has 1 atom stereocenters. The molecule has 0 saturated carbocycles. The molecule has 20 heavy (non-hydrogen) atoms. The van der Waals surface area contributed by atoms with Crippen LogP contribution in [0.15, 0.2) is 30.6 Å². The van der Waals surface area contributed by atoms with Crippen LogP contribution >= 0.6 is 0 Å². The molecule has 1 aromatic carbocycles. The minimum atomic E-state index is -4.36. The van der Waals surface area contributed by atoms with Crippen molar-refractivity contribution in [1.82, 2.24) is 9.78 Å². The van der Waals surface area contributed by atoms with Gasteiger partial charge in [0.1, 0.15) is 0 Å². The third kappa shape index (κ3) is 2.37.